The number of carbonyl (C=O) groups is 2. The van der Waals surface area contributed by atoms with Gasteiger partial charge in [0, 0.05) is 11.6 Å². The standard InChI is InChI=1S/C25H26N6O3S2/c1-16-5-4-6-20(17(16)2)31-21(14-27-22(32)13-18-7-9-19(34-3)10-8-18)29-30-25(31)36-15-23(33)28-24-26-11-12-35-24/h4-12H,13-15H2,1-3H3,(H,27,32)(H,26,28,33). The van der Waals surface area contributed by atoms with Crippen LogP contribution in [-0.2, 0) is 22.6 Å². The molecule has 0 saturated carbocycles. The Labute approximate surface area is 217 Å². The zero-order chi connectivity index (χ0) is 25.5. The van der Waals surface area contributed by atoms with Crippen molar-refractivity contribution in [3.8, 4) is 11.4 Å². The Morgan fingerprint density at radius 1 is 1.08 bits per heavy atom. The van der Waals surface area contributed by atoms with E-state index >= 15 is 0 Å². The maximum absolute atomic E-state index is 12.6. The Morgan fingerprint density at radius 2 is 1.89 bits per heavy atom. The normalized spacial score (nSPS) is 10.8. The van der Waals surface area contributed by atoms with Crippen molar-refractivity contribution in [1.29, 1.82) is 0 Å². The summed E-state index contributed by atoms with van der Waals surface area (Å²) >= 11 is 2.64. The van der Waals surface area contributed by atoms with Crippen molar-refractivity contribution in [3.05, 3.63) is 76.6 Å². The number of aryl methyl sites for hydroxylation is 1. The molecule has 0 fully saturated rings. The molecule has 186 valence electrons. The number of nitrogens with zero attached hydrogens (tertiary/aromatic N) is 4. The molecular formula is C25H26N6O3S2. The number of thiazole rings is 1. The zero-order valence-corrected chi connectivity index (χ0v) is 21.8. The molecule has 9 nitrogen and oxygen atoms in total. The van der Waals surface area contributed by atoms with Gasteiger partial charge < -0.3 is 15.4 Å². The molecule has 0 aliphatic heterocycles. The van der Waals surface area contributed by atoms with Crippen molar-refractivity contribution >= 4 is 40.0 Å². The number of methoxy groups -OCH3 is 1. The van der Waals surface area contributed by atoms with Gasteiger partial charge in [-0.1, -0.05) is 36.0 Å². The highest BCUT2D eigenvalue weighted by Crippen LogP contribution is 2.26. The van der Waals surface area contributed by atoms with Crippen LogP contribution in [0.25, 0.3) is 5.69 Å². The molecule has 0 bridgehead atoms. The van der Waals surface area contributed by atoms with Crippen LogP contribution in [0.1, 0.15) is 22.5 Å². The number of aromatic nitrogens is 4. The van der Waals surface area contributed by atoms with Crippen molar-refractivity contribution < 1.29 is 14.3 Å². The van der Waals surface area contributed by atoms with Crippen LogP contribution in [0.2, 0.25) is 0 Å². The largest absolute Gasteiger partial charge is 0.497 e. The molecular weight excluding hydrogens is 496 g/mol. The van der Waals surface area contributed by atoms with Gasteiger partial charge in [-0.25, -0.2) is 4.98 Å². The highest BCUT2D eigenvalue weighted by atomic mass is 32.2. The highest BCUT2D eigenvalue weighted by Gasteiger charge is 2.19. The fraction of sp³-hybridized carbons (Fsp3) is 0.240. The highest BCUT2D eigenvalue weighted by molar-refractivity contribution is 7.99. The zero-order valence-electron chi connectivity index (χ0n) is 20.1. The van der Waals surface area contributed by atoms with E-state index in [0.29, 0.717) is 16.1 Å². The van der Waals surface area contributed by atoms with Gasteiger partial charge in [0.1, 0.15) is 5.75 Å². The van der Waals surface area contributed by atoms with Gasteiger partial charge in [0.2, 0.25) is 11.8 Å². The third-order valence-electron chi connectivity index (χ3n) is 5.50. The Balaban J connectivity index is 1.49. The second kappa shape index (κ2) is 11.8. The lowest BCUT2D eigenvalue weighted by Gasteiger charge is -2.15. The van der Waals surface area contributed by atoms with Crippen LogP contribution >= 0.6 is 23.1 Å². The number of rotatable bonds is 10. The number of anilines is 1. The monoisotopic (exact) mass is 522 g/mol. The fourth-order valence-electron chi connectivity index (χ4n) is 3.47. The van der Waals surface area contributed by atoms with Gasteiger partial charge in [0.05, 0.1) is 31.5 Å². The second-order valence-corrected chi connectivity index (χ2v) is 9.77. The van der Waals surface area contributed by atoms with Crippen LogP contribution < -0.4 is 15.4 Å². The van der Waals surface area contributed by atoms with Crippen molar-refractivity contribution in [1.82, 2.24) is 25.1 Å². The van der Waals surface area contributed by atoms with Crippen molar-refractivity contribution in [2.45, 2.75) is 32.0 Å². The van der Waals surface area contributed by atoms with E-state index in [4.69, 9.17) is 4.74 Å². The minimum Gasteiger partial charge on any atom is -0.497 e. The van der Waals surface area contributed by atoms with Crippen LogP contribution in [0.15, 0.2) is 59.2 Å². The molecule has 2 aromatic carbocycles. The summed E-state index contributed by atoms with van der Waals surface area (Å²) in [6.45, 7) is 4.26. The van der Waals surface area contributed by atoms with E-state index in [1.165, 1.54) is 23.1 Å². The Bertz CT molecular complexity index is 1340. The quantitative estimate of drug-likeness (QED) is 0.304. The first kappa shape index (κ1) is 25.4. The van der Waals surface area contributed by atoms with E-state index < -0.39 is 0 Å². The molecule has 0 saturated heterocycles. The predicted octanol–water partition coefficient (Wildman–Crippen LogP) is 3.94. The number of hydrogen-bond acceptors (Lipinski definition) is 8. The van der Waals surface area contributed by atoms with E-state index in [1.54, 1.807) is 18.7 Å². The van der Waals surface area contributed by atoms with Gasteiger partial charge in [-0.2, -0.15) is 0 Å². The molecule has 36 heavy (non-hydrogen) atoms. The van der Waals surface area contributed by atoms with Crippen LogP contribution in [0.3, 0.4) is 0 Å². The summed E-state index contributed by atoms with van der Waals surface area (Å²) in [5.41, 5.74) is 3.97. The molecule has 4 rings (SSSR count). The Hall–Kier alpha value is -3.70. The van der Waals surface area contributed by atoms with Crippen LogP contribution in [0, 0.1) is 13.8 Å². The summed E-state index contributed by atoms with van der Waals surface area (Å²) < 4.78 is 7.07. The van der Waals surface area contributed by atoms with E-state index in [9.17, 15) is 9.59 Å². The van der Waals surface area contributed by atoms with Crippen LogP contribution in [-0.4, -0.2) is 44.4 Å². The molecule has 0 spiro atoms. The van der Waals surface area contributed by atoms with Crippen molar-refractivity contribution in [3.63, 3.8) is 0 Å². The fourth-order valence-corrected chi connectivity index (χ4v) is 4.78. The number of hydrogen-bond donors (Lipinski definition) is 2. The SMILES string of the molecule is COc1ccc(CC(=O)NCc2nnc(SCC(=O)Nc3nccs3)n2-c2cccc(C)c2C)cc1. The van der Waals surface area contributed by atoms with Gasteiger partial charge in [0.15, 0.2) is 16.1 Å². The van der Waals surface area contributed by atoms with Gasteiger partial charge in [0.25, 0.3) is 0 Å². The molecule has 4 aromatic rings. The maximum Gasteiger partial charge on any atom is 0.236 e. The first-order valence-corrected chi connectivity index (χ1v) is 13.0. The smallest absolute Gasteiger partial charge is 0.236 e. The van der Waals surface area contributed by atoms with Crippen molar-refractivity contribution in [2.75, 3.05) is 18.2 Å². The number of benzene rings is 2. The lowest BCUT2D eigenvalue weighted by atomic mass is 10.1. The van der Waals surface area contributed by atoms with Gasteiger partial charge in [-0.15, -0.1) is 21.5 Å². The Morgan fingerprint density at radius 3 is 2.61 bits per heavy atom. The molecule has 11 heteroatoms. The third kappa shape index (κ3) is 6.29. The molecule has 2 amide bonds. The van der Waals surface area contributed by atoms with Gasteiger partial charge in [-0.3, -0.25) is 14.2 Å². The van der Waals surface area contributed by atoms with Crippen LogP contribution in [0.4, 0.5) is 5.13 Å². The first-order chi connectivity index (χ1) is 17.4. The third-order valence-corrected chi connectivity index (χ3v) is 7.11. The van der Waals surface area contributed by atoms with E-state index in [1.807, 2.05) is 60.9 Å². The molecule has 2 aromatic heterocycles. The number of thioether (sulfide) groups is 1. The number of nitrogens with one attached hydrogen (secondary N) is 2. The Kier molecular flexibility index (Phi) is 8.34. The van der Waals surface area contributed by atoms with Crippen molar-refractivity contribution in [2.24, 2.45) is 0 Å². The summed E-state index contributed by atoms with van der Waals surface area (Å²) in [5, 5.41) is 17.3. The second-order valence-electron chi connectivity index (χ2n) is 7.93. The molecule has 0 unspecified atom stereocenters. The number of carbonyl (C=O) groups excluding carboxylic acids is 2. The summed E-state index contributed by atoms with van der Waals surface area (Å²) in [5.74, 6) is 1.15. The van der Waals surface area contributed by atoms with Gasteiger partial charge >= 0.3 is 0 Å². The van der Waals surface area contributed by atoms with Crippen LogP contribution in [0.5, 0.6) is 5.75 Å². The summed E-state index contributed by atoms with van der Waals surface area (Å²) in [4.78, 5) is 29.1. The topological polar surface area (TPSA) is 111 Å². The molecule has 2 heterocycles. The minimum atomic E-state index is -0.181. The van der Waals surface area contributed by atoms with E-state index in [2.05, 4.69) is 25.8 Å². The average molecular weight is 523 g/mol. The molecule has 0 aliphatic carbocycles. The van der Waals surface area contributed by atoms with Gasteiger partial charge in [-0.05, 0) is 48.7 Å². The minimum absolute atomic E-state index is 0.132. The van der Waals surface area contributed by atoms with E-state index in [-0.39, 0.29) is 30.5 Å². The molecule has 0 radical (unpaired) electrons. The maximum atomic E-state index is 12.6. The average Bonchev–Trinajstić information content (AvgIpc) is 3.53. The number of ether oxygens (including phenoxy) is 1. The lowest BCUT2D eigenvalue weighted by Crippen LogP contribution is -2.26. The first-order valence-electron chi connectivity index (χ1n) is 11.2. The lowest BCUT2D eigenvalue weighted by molar-refractivity contribution is -0.120. The molecule has 0 aliphatic rings. The number of amides is 2. The molecule has 0 atom stereocenters. The van der Waals surface area contributed by atoms with E-state index in [0.717, 1.165) is 28.1 Å². The molecule has 2 N–H and O–H groups in total. The summed E-state index contributed by atoms with van der Waals surface area (Å²) in [7, 11) is 1.60. The predicted molar refractivity (Wildman–Crippen MR) is 141 cm³/mol. The summed E-state index contributed by atoms with van der Waals surface area (Å²) in [6, 6.07) is 13.4. The summed E-state index contributed by atoms with van der Waals surface area (Å²) in [6.07, 6.45) is 1.87.